The molecule has 0 aliphatic carbocycles. The molecule has 1 saturated heterocycles. The number of alkyl halides is 3. The molecule has 0 spiro atoms. The van der Waals surface area contributed by atoms with Crippen LogP contribution in [0.2, 0.25) is 0 Å². The van der Waals surface area contributed by atoms with Crippen LogP contribution in [-0.2, 0) is 6.54 Å². The van der Waals surface area contributed by atoms with E-state index in [1.54, 1.807) is 25.1 Å². The van der Waals surface area contributed by atoms with E-state index in [0.717, 1.165) is 31.9 Å². The molecular formula is C22H25F4N5O. The fourth-order valence-electron chi connectivity index (χ4n) is 3.85. The lowest BCUT2D eigenvalue weighted by molar-refractivity contribution is -0.189. The minimum atomic E-state index is -4.50. The summed E-state index contributed by atoms with van der Waals surface area (Å²) in [6.07, 6.45) is -4.68. The molecular weight excluding hydrogens is 426 g/mol. The van der Waals surface area contributed by atoms with E-state index in [1.165, 1.54) is 12.1 Å². The fraction of sp³-hybridized carbons (Fsp3) is 0.455. The number of ether oxygens (including phenoxy) is 1. The summed E-state index contributed by atoms with van der Waals surface area (Å²) >= 11 is 0. The highest BCUT2D eigenvalue weighted by Gasteiger charge is 2.38. The molecule has 0 radical (unpaired) electrons. The molecule has 3 heterocycles. The van der Waals surface area contributed by atoms with Crippen LogP contribution in [0.3, 0.4) is 0 Å². The van der Waals surface area contributed by atoms with E-state index < -0.39 is 12.3 Å². The van der Waals surface area contributed by atoms with Gasteiger partial charge >= 0.3 is 6.18 Å². The summed E-state index contributed by atoms with van der Waals surface area (Å²) in [6, 6.07) is 7.79. The van der Waals surface area contributed by atoms with Gasteiger partial charge in [-0.05, 0) is 49.9 Å². The van der Waals surface area contributed by atoms with Gasteiger partial charge in [-0.2, -0.15) is 18.2 Å². The highest BCUT2D eigenvalue weighted by Crippen LogP contribution is 2.29. The van der Waals surface area contributed by atoms with Crippen molar-refractivity contribution in [2.75, 3.05) is 18.0 Å². The lowest BCUT2D eigenvalue weighted by Gasteiger charge is -2.31. The molecule has 0 saturated carbocycles. The maximum atomic E-state index is 13.8. The van der Waals surface area contributed by atoms with Crippen molar-refractivity contribution in [3.8, 4) is 5.88 Å². The van der Waals surface area contributed by atoms with E-state index in [4.69, 9.17) is 15.5 Å². The van der Waals surface area contributed by atoms with Gasteiger partial charge in [0, 0.05) is 25.2 Å². The monoisotopic (exact) mass is 451 g/mol. The number of imidazole rings is 1. The van der Waals surface area contributed by atoms with Crippen molar-refractivity contribution >= 4 is 17.1 Å². The first-order valence-corrected chi connectivity index (χ1v) is 10.5. The molecule has 1 aliphatic heterocycles. The first-order valence-electron chi connectivity index (χ1n) is 10.5. The van der Waals surface area contributed by atoms with E-state index in [2.05, 4.69) is 9.88 Å². The Balaban J connectivity index is 1.77. The topological polar surface area (TPSA) is 69.2 Å². The summed E-state index contributed by atoms with van der Waals surface area (Å²) in [4.78, 5) is 11.1. The zero-order valence-electron chi connectivity index (χ0n) is 17.9. The van der Waals surface area contributed by atoms with E-state index in [0.29, 0.717) is 35.8 Å². The summed E-state index contributed by atoms with van der Waals surface area (Å²) in [5, 5.41) is 0. The van der Waals surface area contributed by atoms with Crippen LogP contribution in [0.1, 0.15) is 30.9 Å². The number of nitrogens with zero attached hydrogens (tertiary/aromatic N) is 4. The number of hydrogen-bond donors (Lipinski definition) is 1. The standard InChI is InChI=1S/C22H25F4N5O/c1-13-10-15(5-6-17(13)23)11-31-20-18(28-21(31)30-9-3-4-16(27)12-30)7-8-19(29-20)32-14(2)22(24,25)26/h5-8,10,14,16H,3-4,9,11-12,27H2,1-2H3. The summed E-state index contributed by atoms with van der Waals surface area (Å²) in [5.41, 5.74) is 8.41. The zero-order valence-corrected chi connectivity index (χ0v) is 17.9. The molecule has 172 valence electrons. The number of aromatic nitrogens is 3. The Morgan fingerprint density at radius 2 is 2.00 bits per heavy atom. The minimum Gasteiger partial charge on any atom is -0.465 e. The van der Waals surface area contributed by atoms with Crippen molar-refractivity contribution < 1.29 is 22.3 Å². The highest BCUT2D eigenvalue weighted by atomic mass is 19.4. The highest BCUT2D eigenvalue weighted by molar-refractivity contribution is 5.76. The van der Waals surface area contributed by atoms with Crippen LogP contribution in [0.25, 0.3) is 11.2 Å². The molecule has 6 nitrogen and oxygen atoms in total. The average Bonchev–Trinajstić information content (AvgIpc) is 3.08. The van der Waals surface area contributed by atoms with Crippen molar-refractivity contribution in [2.24, 2.45) is 5.73 Å². The van der Waals surface area contributed by atoms with Crippen LogP contribution in [0, 0.1) is 12.7 Å². The lowest BCUT2D eigenvalue weighted by Crippen LogP contribution is -2.44. The SMILES string of the molecule is Cc1cc(Cn2c(N3CCCC(N)C3)nc3ccc(OC(C)C(F)(F)F)nc32)ccc1F. The summed E-state index contributed by atoms with van der Waals surface area (Å²) in [7, 11) is 0. The number of halogens is 4. The number of hydrogen-bond acceptors (Lipinski definition) is 5. The van der Waals surface area contributed by atoms with Gasteiger partial charge in [0.1, 0.15) is 11.3 Å². The summed E-state index contributed by atoms with van der Waals surface area (Å²) in [6.45, 7) is 4.31. The molecule has 2 unspecified atom stereocenters. The zero-order chi connectivity index (χ0) is 23.0. The van der Waals surface area contributed by atoms with Gasteiger partial charge in [-0.15, -0.1) is 0 Å². The van der Waals surface area contributed by atoms with Gasteiger partial charge in [0.25, 0.3) is 0 Å². The quantitative estimate of drug-likeness (QED) is 0.590. The maximum Gasteiger partial charge on any atom is 0.425 e. The third-order valence-corrected chi connectivity index (χ3v) is 5.61. The van der Waals surface area contributed by atoms with Gasteiger partial charge in [-0.1, -0.05) is 12.1 Å². The number of benzene rings is 1. The first kappa shape index (κ1) is 22.3. The average molecular weight is 451 g/mol. The van der Waals surface area contributed by atoms with Crippen LogP contribution in [0.15, 0.2) is 30.3 Å². The van der Waals surface area contributed by atoms with Crippen molar-refractivity contribution in [2.45, 2.75) is 51.6 Å². The third kappa shape index (κ3) is 4.64. The Bertz CT molecular complexity index is 1110. The van der Waals surface area contributed by atoms with Crippen LogP contribution in [-0.4, -0.2) is 45.9 Å². The van der Waals surface area contributed by atoms with E-state index >= 15 is 0 Å². The van der Waals surface area contributed by atoms with Gasteiger partial charge in [0.15, 0.2) is 11.8 Å². The molecule has 2 aromatic heterocycles. The molecule has 10 heteroatoms. The number of piperidine rings is 1. The Morgan fingerprint density at radius 3 is 2.69 bits per heavy atom. The Kier molecular flexibility index (Phi) is 5.98. The second kappa shape index (κ2) is 8.57. The van der Waals surface area contributed by atoms with Crippen molar-refractivity contribution in [1.29, 1.82) is 0 Å². The summed E-state index contributed by atoms with van der Waals surface area (Å²) < 4.78 is 59.5. The molecule has 2 atom stereocenters. The van der Waals surface area contributed by atoms with E-state index in [1.807, 2.05) is 4.57 Å². The van der Waals surface area contributed by atoms with Gasteiger partial charge < -0.3 is 15.4 Å². The maximum absolute atomic E-state index is 13.8. The van der Waals surface area contributed by atoms with Gasteiger partial charge in [-0.3, -0.25) is 4.57 Å². The van der Waals surface area contributed by atoms with Crippen molar-refractivity contribution in [1.82, 2.24) is 14.5 Å². The number of fused-ring (bicyclic) bond motifs is 1. The molecule has 32 heavy (non-hydrogen) atoms. The van der Waals surface area contributed by atoms with Gasteiger partial charge in [-0.25, -0.2) is 9.37 Å². The van der Waals surface area contributed by atoms with Crippen LogP contribution < -0.4 is 15.4 Å². The normalized spacial score (nSPS) is 18.2. The number of nitrogens with two attached hydrogens (primary N) is 1. The first-order chi connectivity index (χ1) is 15.1. The summed E-state index contributed by atoms with van der Waals surface area (Å²) in [5.74, 6) is 0.188. The molecule has 1 fully saturated rings. The number of anilines is 1. The van der Waals surface area contributed by atoms with Crippen LogP contribution in [0.4, 0.5) is 23.5 Å². The molecule has 0 bridgehead atoms. The van der Waals surface area contributed by atoms with Crippen molar-refractivity contribution in [3.05, 3.63) is 47.3 Å². The van der Waals surface area contributed by atoms with Crippen molar-refractivity contribution in [3.63, 3.8) is 0 Å². The Labute approximate surface area is 183 Å². The second-order valence-corrected chi connectivity index (χ2v) is 8.22. The second-order valence-electron chi connectivity index (χ2n) is 8.22. The van der Waals surface area contributed by atoms with Crippen LogP contribution >= 0.6 is 0 Å². The molecule has 3 aromatic rings. The van der Waals surface area contributed by atoms with Crippen LogP contribution in [0.5, 0.6) is 5.88 Å². The lowest BCUT2D eigenvalue weighted by atomic mass is 10.1. The van der Waals surface area contributed by atoms with Gasteiger partial charge in [0.05, 0.1) is 6.54 Å². The van der Waals surface area contributed by atoms with E-state index in [9.17, 15) is 17.6 Å². The number of rotatable bonds is 5. The molecule has 4 rings (SSSR count). The van der Waals surface area contributed by atoms with E-state index in [-0.39, 0.29) is 17.7 Å². The number of pyridine rings is 1. The predicted octanol–water partition coefficient (Wildman–Crippen LogP) is 4.18. The molecule has 1 aromatic carbocycles. The third-order valence-electron chi connectivity index (χ3n) is 5.61. The number of aryl methyl sites for hydroxylation is 1. The Hall–Kier alpha value is -2.88. The molecule has 0 amide bonds. The van der Waals surface area contributed by atoms with Gasteiger partial charge in [0.2, 0.25) is 11.8 Å². The molecule has 1 aliphatic rings. The molecule has 2 N–H and O–H groups in total. The largest absolute Gasteiger partial charge is 0.465 e. The Morgan fingerprint density at radius 1 is 1.22 bits per heavy atom. The smallest absolute Gasteiger partial charge is 0.425 e. The predicted molar refractivity (Wildman–Crippen MR) is 113 cm³/mol. The fourth-order valence-corrected chi connectivity index (χ4v) is 3.85. The minimum absolute atomic E-state index is 0.00423.